The highest BCUT2D eigenvalue weighted by molar-refractivity contribution is 6.35. The quantitative estimate of drug-likeness (QED) is 0.677. The summed E-state index contributed by atoms with van der Waals surface area (Å²) >= 11 is 11.2. The van der Waals surface area contributed by atoms with Gasteiger partial charge in [-0.25, -0.2) is 4.39 Å². The van der Waals surface area contributed by atoms with Crippen LogP contribution in [-0.4, -0.2) is 5.78 Å². The lowest BCUT2D eigenvalue weighted by atomic mass is 9.79. The maximum absolute atomic E-state index is 13.0. The van der Waals surface area contributed by atoms with Crippen molar-refractivity contribution in [2.24, 2.45) is 0 Å². The topological polar surface area (TPSA) is 17.1 Å². The first kappa shape index (κ1) is 9.94. The molecule has 0 aromatic heterocycles. The number of rotatable bonds is 1. The first-order valence-corrected chi connectivity index (χ1v) is 5.02. The Bertz CT molecular complexity index is 380. The normalized spacial score (nSPS) is 20.8. The largest absolute Gasteiger partial charge is 0.299 e. The Balaban J connectivity index is 2.40. The van der Waals surface area contributed by atoms with E-state index in [0.717, 1.165) is 12.0 Å². The van der Waals surface area contributed by atoms with Crippen molar-refractivity contribution >= 4 is 29.0 Å². The van der Waals surface area contributed by atoms with Crippen molar-refractivity contribution in [3.05, 3.63) is 33.6 Å². The van der Waals surface area contributed by atoms with Crippen molar-refractivity contribution in [3.8, 4) is 0 Å². The highest BCUT2D eigenvalue weighted by Crippen LogP contribution is 2.36. The molecular weight excluding hydrogens is 226 g/mol. The van der Waals surface area contributed by atoms with Crippen molar-refractivity contribution in [2.45, 2.75) is 18.8 Å². The van der Waals surface area contributed by atoms with Gasteiger partial charge in [-0.15, -0.1) is 0 Å². The van der Waals surface area contributed by atoms with Crippen LogP contribution < -0.4 is 0 Å². The summed E-state index contributed by atoms with van der Waals surface area (Å²) in [6, 6.07) is 2.95. The van der Waals surface area contributed by atoms with E-state index in [1.807, 2.05) is 0 Å². The molecule has 0 N–H and O–H groups in total. The third kappa shape index (κ3) is 1.53. The molecule has 1 atom stereocenters. The maximum atomic E-state index is 13.0. The lowest BCUT2D eigenvalue weighted by molar-refractivity contribution is -0.125. The van der Waals surface area contributed by atoms with E-state index in [9.17, 15) is 9.18 Å². The van der Waals surface area contributed by atoms with Crippen LogP contribution in [0.4, 0.5) is 4.39 Å². The lowest BCUT2D eigenvalue weighted by Crippen LogP contribution is -2.23. The standard InChI is InChI=1S/C10H7Cl2FO/c11-7-3-5(4-8(12)10(7)13)6-1-2-9(6)14/h3-4,6H,1-2H2. The van der Waals surface area contributed by atoms with Gasteiger partial charge in [0.15, 0.2) is 5.82 Å². The predicted octanol–water partition coefficient (Wildman–Crippen LogP) is 3.58. The van der Waals surface area contributed by atoms with E-state index in [1.165, 1.54) is 12.1 Å². The summed E-state index contributed by atoms with van der Waals surface area (Å²) in [6.07, 6.45) is 1.40. The fraction of sp³-hybridized carbons (Fsp3) is 0.300. The molecule has 1 aliphatic carbocycles. The van der Waals surface area contributed by atoms with Crippen LogP contribution in [0.3, 0.4) is 0 Å². The third-order valence-electron chi connectivity index (χ3n) is 2.48. The summed E-state index contributed by atoms with van der Waals surface area (Å²) < 4.78 is 13.0. The van der Waals surface area contributed by atoms with Gasteiger partial charge in [0.05, 0.1) is 10.0 Å². The van der Waals surface area contributed by atoms with Crippen molar-refractivity contribution < 1.29 is 9.18 Å². The van der Waals surface area contributed by atoms with E-state index in [0.29, 0.717) is 6.42 Å². The van der Waals surface area contributed by atoms with E-state index in [4.69, 9.17) is 23.2 Å². The average molecular weight is 233 g/mol. The highest BCUT2D eigenvalue weighted by Gasteiger charge is 2.30. The molecule has 0 aliphatic heterocycles. The van der Waals surface area contributed by atoms with Crippen LogP contribution in [0.2, 0.25) is 10.0 Å². The van der Waals surface area contributed by atoms with Crippen LogP contribution in [0.1, 0.15) is 24.3 Å². The molecule has 0 bridgehead atoms. The zero-order chi connectivity index (χ0) is 10.3. The summed E-state index contributed by atoms with van der Waals surface area (Å²) in [6.45, 7) is 0. The number of Topliss-reactive ketones (excluding diaryl/α,β-unsaturated/α-hetero) is 1. The van der Waals surface area contributed by atoms with Gasteiger partial charge in [0.1, 0.15) is 5.78 Å². The molecule has 1 aromatic carbocycles. The molecule has 4 heteroatoms. The van der Waals surface area contributed by atoms with Crippen LogP contribution >= 0.6 is 23.2 Å². The fourth-order valence-electron chi connectivity index (χ4n) is 1.54. The number of carbonyl (C=O) groups excluding carboxylic acids is 1. The third-order valence-corrected chi connectivity index (χ3v) is 3.03. The van der Waals surface area contributed by atoms with Crippen LogP contribution in [0.15, 0.2) is 12.1 Å². The molecule has 0 radical (unpaired) electrons. The summed E-state index contributed by atoms with van der Waals surface area (Å²) in [4.78, 5) is 11.2. The Labute approximate surface area is 90.8 Å². The Morgan fingerprint density at radius 1 is 1.29 bits per heavy atom. The minimum Gasteiger partial charge on any atom is -0.299 e. The van der Waals surface area contributed by atoms with Gasteiger partial charge in [-0.1, -0.05) is 23.2 Å². The van der Waals surface area contributed by atoms with E-state index >= 15 is 0 Å². The molecule has 1 nitrogen and oxygen atoms in total. The molecule has 0 saturated heterocycles. The van der Waals surface area contributed by atoms with Crippen molar-refractivity contribution in [1.82, 2.24) is 0 Å². The second kappa shape index (κ2) is 3.52. The van der Waals surface area contributed by atoms with Gasteiger partial charge in [0.2, 0.25) is 0 Å². The van der Waals surface area contributed by atoms with Crippen LogP contribution in [0, 0.1) is 5.82 Å². The van der Waals surface area contributed by atoms with Gasteiger partial charge in [0.25, 0.3) is 0 Å². The molecule has 2 rings (SSSR count). The summed E-state index contributed by atoms with van der Waals surface area (Å²) in [7, 11) is 0. The van der Waals surface area contributed by atoms with Gasteiger partial charge in [-0.2, -0.15) is 0 Å². The van der Waals surface area contributed by atoms with Gasteiger partial charge < -0.3 is 0 Å². The predicted molar refractivity (Wildman–Crippen MR) is 53.4 cm³/mol. The lowest BCUT2D eigenvalue weighted by Gasteiger charge is -2.24. The zero-order valence-electron chi connectivity index (χ0n) is 7.19. The number of halogens is 3. The Morgan fingerprint density at radius 3 is 2.21 bits per heavy atom. The Morgan fingerprint density at radius 2 is 1.86 bits per heavy atom. The first-order valence-electron chi connectivity index (χ1n) is 4.26. The monoisotopic (exact) mass is 232 g/mol. The number of hydrogen-bond donors (Lipinski definition) is 0. The zero-order valence-corrected chi connectivity index (χ0v) is 8.70. The molecule has 74 valence electrons. The van der Waals surface area contributed by atoms with Gasteiger partial charge in [0, 0.05) is 12.3 Å². The molecule has 1 saturated carbocycles. The Hall–Kier alpha value is -0.600. The van der Waals surface area contributed by atoms with E-state index in [1.54, 1.807) is 0 Å². The number of benzene rings is 1. The van der Waals surface area contributed by atoms with Crippen molar-refractivity contribution in [3.63, 3.8) is 0 Å². The van der Waals surface area contributed by atoms with E-state index in [2.05, 4.69) is 0 Å². The second-order valence-corrected chi connectivity index (χ2v) is 4.17. The van der Waals surface area contributed by atoms with E-state index < -0.39 is 5.82 Å². The summed E-state index contributed by atoms with van der Waals surface area (Å²) in [5, 5.41) is -0.0422. The fourth-order valence-corrected chi connectivity index (χ4v) is 2.04. The average Bonchev–Trinajstić information content (AvgIpc) is 2.11. The summed E-state index contributed by atoms with van der Waals surface area (Å²) in [5.74, 6) is -0.585. The number of hydrogen-bond acceptors (Lipinski definition) is 1. The van der Waals surface area contributed by atoms with Crippen LogP contribution in [-0.2, 0) is 4.79 Å². The molecule has 0 spiro atoms. The van der Waals surface area contributed by atoms with Crippen LogP contribution in [0.25, 0.3) is 0 Å². The van der Waals surface area contributed by atoms with E-state index in [-0.39, 0.29) is 21.7 Å². The number of carbonyl (C=O) groups is 1. The molecule has 1 aromatic rings. The molecule has 1 aliphatic rings. The van der Waals surface area contributed by atoms with Crippen molar-refractivity contribution in [2.75, 3.05) is 0 Å². The van der Waals surface area contributed by atoms with Crippen LogP contribution in [0.5, 0.6) is 0 Å². The number of ketones is 1. The highest BCUT2D eigenvalue weighted by atomic mass is 35.5. The molecule has 14 heavy (non-hydrogen) atoms. The molecule has 0 heterocycles. The second-order valence-electron chi connectivity index (χ2n) is 3.36. The van der Waals surface area contributed by atoms with Crippen molar-refractivity contribution in [1.29, 1.82) is 0 Å². The Kier molecular flexibility index (Phi) is 2.50. The van der Waals surface area contributed by atoms with Gasteiger partial charge in [-0.3, -0.25) is 4.79 Å². The SMILES string of the molecule is O=C1CCC1c1cc(Cl)c(F)c(Cl)c1. The van der Waals surface area contributed by atoms with Gasteiger partial charge in [-0.05, 0) is 24.1 Å². The molecule has 1 unspecified atom stereocenters. The minimum atomic E-state index is -0.621. The summed E-state index contributed by atoms with van der Waals surface area (Å²) in [5.41, 5.74) is 0.720. The maximum Gasteiger partial charge on any atom is 0.160 e. The molecule has 0 amide bonds. The van der Waals surface area contributed by atoms with Gasteiger partial charge >= 0.3 is 0 Å². The molecule has 1 fully saturated rings. The minimum absolute atomic E-state index is 0.0211. The first-order chi connectivity index (χ1) is 6.59. The smallest absolute Gasteiger partial charge is 0.160 e. The molecular formula is C10H7Cl2FO.